The molecule has 0 aliphatic heterocycles. The van der Waals surface area contributed by atoms with E-state index in [2.05, 4.69) is 9.97 Å². The van der Waals surface area contributed by atoms with Gasteiger partial charge in [-0.25, -0.2) is 19.6 Å². The van der Waals surface area contributed by atoms with Gasteiger partial charge < -0.3 is 13.7 Å². The summed E-state index contributed by atoms with van der Waals surface area (Å²) in [6.45, 7) is 2.40. The van der Waals surface area contributed by atoms with Crippen molar-refractivity contribution >= 4 is 10.8 Å². The number of ether oxygens (including phenoxy) is 1. The summed E-state index contributed by atoms with van der Waals surface area (Å²) >= 11 is 0. The van der Waals surface area contributed by atoms with E-state index in [1.165, 1.54) is 0 Å². The number of H-pyrrole nitrogens is 1. The van der Waals surface area contributed by atoms with Gasteiger partial charge in [0.2, 0.25) is 5.89 Å². The topological polar surface area (TPSA) is 103 Å². The summed E-state index contributed by atoms with van der Waals surface area (Å²) in [7, 11) is 0. The van der Waals surface area contributed by atoms with Gasteiger partial charge in [0.25, 0.3) is 0 Å². The zero-order valence-electron chi connectivity index (χ0n) is 17.9. The Morgan fingerprint density at radius 3 is 2.48 bits per heavy atom. The third-order valence-corrected chi connectivity index (χ3v) is 5.47. The second-order valence-corrected chi connectivity index (χ2v) is 7.61. The van der Waals surface area contributed by atoms with Gasteiger partial charge in [-0.05, 0) is 42.5 Å². The first kappa shape index (κ1) is 20.6. The van der Waals surface area contributed by atoms with E-state index < -0.39 is 11.4 Å². The van der Waals surface area contributed by atoms with Gasteiger partial charge in [-0.3, -0.25) is 0 Å². The maximum Gasteiger partial charge on any atom is 0.440 e. The van der Waals surface area contributed by atoms with Crippen molar-refractivity contribution in [3.8, 4) is 17.2 Å². The SMILES string of the molecule is Cc1oc(-c2ccccc2)nc1COc1ccc(CCn2oc(=O)[nH]c2=O)c2ccccc12. The summed E-state index contributed by atoms with van der Waals surface area (Å²) in [5, 5.41) is 1.95. The number of nitrogens with one attached hydrogen (secondary N) is 1. The number of nitrogens with zero attached hydrogens (tertiary/aromatic N) is 2. The Morgan fingerprint density at radius 1 is 0.970 bits per heavy atom. The first-order chi connectivity index (χ1) is 16.1. The summed E-state index contributed by atoms with van der Waals surface area (Å²) in [5.41, 5.74) is 2.11. The summed E-state index contributed by atoms with van der Waals surface area (Å²) in [5.74, 6) is 1.25. The molecule has 0 amide bonds. The molecule has 8 heteroatoms. The smallest absolute Gasteiger partial charge is 0.440 e. The molecule has 0 saturated carbocycles. The maximum absolute atomic E-state index is 11.7. The molecular weight excluding hydrogens is 422 g/mol. The molecule has 33 heavy (non-hydrogen) atoms. The van der Waals surface area contributed by atoms with Crippen LogP contribution in [0.25, 0.3) is 22.2 Å². The first-order valence-corrected chi connectivity index (χ1v) is 10.5. The van der Waals surface area contributed by atoms with E-state index in [0.29, 0.717) is 18.1 Å². The molecule has 0 saturated heterocycles. The fourth-order valence-corrected chi connectivity index (χ4v) is 3.77. The lowest BCUT2D eigenvalue weighted by molar-refractivity contribution is 0.243. The van der Waals surface area contributed by atoms with Crippen molar-refractivity contribution in [2.24, 2.45) is 0 Å². The largest absolute Gasteiger partial charge is 0.487 e. The molecule has 3 aromatic carbocycles. The molecule has 2 aromatic heterocycles. The van der Waals surface area contributed by atoms with E-state index in [0.717, 1.165) is 38.1 Å². The van der Waals surface area contributed by atoms with Gasteiger partial charge >= 0.3 is 11.4 Å². The van der Waals surface area contributed by atoms with E-state index in [-0.39, 0.29) is 13.2 Å². The lowest BCUT2D eigenvalue weighted by Gasteiger charge is -2.12. The van der Waals surface area contributed by atoms with Crippen molar-refractivity contribution in [2.45, 2.75) is 26.5 Å². The predicted molar refractivity (Wildman–Crippen MR) is 122 cm³/mol. The Hall–Kier alpha value is -4.33. The van der Waals surface area contributed by atoms with Crippen LogP contribution < -0.4 is 16.2 Å². The average Bonchev–Trinajstić information content (AvgIpc) is 3.37. The number of fused-ring (bicyclic) bond motifs is 1. The minimum absolute atomic E-state index is 0.252. The van der Waals surface area contributed by atoms with E-state index in [1.807, 2.05) is 73.7 Å². The van der Waals surface area contributed by atoms with Gasteiger partial charge in [-0.2, -0.15) is 4.74 Å². The fraction of sp³-hybridized carbons (Fsp3) is 0.160. The third-order valence-electron chi connectivity index (χ3n) is 5.47. The number of hydrogen-bond donors (Lipinski definition) is 1. The van der Waals surface area contributed by atoms with Crippen molar-refractivity contribution in [1.29, 1.82) is 0 Å². The minimum atomic E-state index is -0.757. The third kappa shape index (κ3) is 4.23. The molecular formula is C25H21N3O5. The molecule has 5 rings (SSSR count). The lowest BCUT2D eigenvalue weighted by Crippen LogP contribution is -2.17. The number of rotatable bonds is 7. The average molecular weight is 443 g/mol. The summed E-state index contributed by atoms with van der Waals surface area (Å²) < 4.78 is 17.8. The molecule has 1 N–H and O–H groups in total. The summed E-state index contributed by atoms with van der Waals surface area (Å²) in [4.78, 5) is 29.6. The van der Waals surface area contributed by atoms with Gasteiger partial charge in [-0.1, -0.05) is 48.5 Å². The highest BCUT2D eigenvalue weighted by Crippen LogP contribution is 2.30. The molecule has 0 spiro atoms. The molecule has 0 fully saturated rings. The van der Waals surface area contributed by atoms with Crippen LogP contribution in [0.15, 0.2) is 85.3 Å². The molecule has 0 atom stereocenters. The van der Waals surface area contributed by atoms with Gasteiger partial charge in [0.1, 0.15) is 23.8 Å². The highest BCUT2D eigenvalue weighted by atomic mass is 16.5. The zero-order chi connectivity index (χ0) is 22.8. The Kier molecular flexibility index (Phi) is 5.40. The van der Waals surface area contributed by atoms with Gasteiger partial charge in [0, 0.05) is 10.9 Å². The van der Waals surface area contributed by atoms with Crippen LogP contribution in [0.5, 0.6) is 5.75 Å². The van der Waals surface area contributed by atoms with Crippen LogP contribution in [-0.4, -0.2) is 14.7 Å². The Balaban J connectivity index is 1.37. The Labute approximate surface area is 188 Å². The number of aromatic amines is 1. The van der Waals surface area contributed by atoms with Crippen LogP contribution >= 0.6 is 0 Å². The quantitative estimate of drug-likeness (QED) is 0.407. The monoisotopic (exact) mass is 443 g/mol. The molecule has 0 aliphatic carbocycles. The predicted octanol–water partition coefficient (Wildman–Crippen LogP) is 4.07. The first-order valence-electron chi connectivity index (χ1n) is 10.5. The highest BCUT2D eigenvalue weighted by molar-refractivity contribution is 5.91. The van der Waals surface area contributed by atoms with E-state index in [9.17, 15) is 9.59 Å². The van der Waals surface area contributed by atoms with Crippen molar-refractivity contribution in [2.75, 3.05) is 0 Å². The molecule has 0 aliphatic rings. The number of aromatic nitrogens is 3. The molecule has 0 unspecified atom stereocenters. The van der Waals surface area contributed by atoms with Crippen molar-refractivity contribution in [1.82, 2.24) is 14.7 Å². The molecule has 166 valence electrons. The number of benzene rings is 3. The number of aryl methyl sites for hydroxylation is 3. The molecule has 2 heterocycles. The van der Waals surface area contributed by atoms with Crippen molar-refractivity contribution < 1.29 is 13.7 Å². The van der Waals surface area contributed by atoms with Crippen LogP contribution in [0.3, 0.4) is 0 Å². The van der Waals surface area contributed by atoms with E-state index in [1.54, 1.807) is 0 Å². The highest BCUT2D eigenvalue weighted by Gasteiger charge is 2.14. The van der Waals surface area contributed by atoms with Gasteiger partial charge in [0.05, 0.1) is 6.54 Å². The second kappa shape index (κ2) is 8.66. The van der Waals surface area contributed by atoms with Gasteiger partial charge in [0.15, 0.2) is 0 Å². The lowest BCUT2D eigenvalue weighted by atomic mass is 10.0. The van der Waals surface area contributed by atoms with Gasteiger partial charge in [-0.15, -0.1) is 0 Å². The Bertz CT molecular complexity index is 1530. The van der Waals surface area contributed by atoms with E-state index in [4.69, 9.17) is 13.7 Å². The summed E-state index contributed by atoms with van der Waals surface area (Å²) in [6, 6.07) is 21.5. The minimum Gasteiger partial charge on any atom is -0.487 e. The molecule has 5 aromatic rings. The van der Waals surface area contributed by atoms with Crippen LogP contribution in [0.2, 0.25) is 0 Å². The fourth-order valence-electron chi connectivity index (χ4n) is 3.77. The Morgan fingerprint density at radius 2 is 1.73 bits per heavy atom. The second-order valence-electron chi connectivity index (χ2n) is 7.61. The van der Waals surface area contributed by atoms with Crippen LogP contribution in [0, 0.1) is 6.92 Å². The summed E-state index contributed by atoms with van der Waals surface area (Å²) in [6.07, 6.45) is 0.518. The molecule has 0 bridgehead atoms. The normalized spacial score (nSPS) is 11.2. The van der Waals surface area contributed by atoms with Crippen LogP contribution in [-0.2, 0) is 19.6 Å². The molecule has 0 radical (unpaired) electrons. The van der Waals surface area contributed by atoms with Crippen molar-refractivity contribution in [3.05, 3.63) is 105 Å². The standard InChI is InChI=1S/C25H21N3O5/c1-16-21(26-23(32-16)18-7-3-2-4-8-18)15-31-22-12-11-17(19-9-5-6-10-20(19)22)13-14-28-24(29)27-25(30)33-28/h2-12H,13-15H2,1H3,(H,27,29,30). The molecule has 8 nitrogen and oxygen atoms in total. The zero-order valence-corrected chi connectivity index (χ0v) is 17.9. The maximum atomic E-state index is 11.7. The van der Waals surface area contributed by atoms with Crippen LogP contribution in [0.1, 0.15) is 17.0 Å². The van der Waals surface area contributed by atoms with Crippen molar-refractivity contribution in [3.63, 3.8) is 0 Å². The van der Waals surface area contributed by atoms with E-state index >= 15 is 0 Å². The van der Waals surface area contributed by atoms with Crippen LogP contribution in [0.4, 0.5) is 0 Å². The number of hydrogen-bond acceptors (Lipinski definition) is 6. The number of oxazole rings is 1.